The Bertz CT molecular complexity index is 443. The maximum Gasteiger partial charge on any atom is 0.287 e. The van der Waals surface area contributed by atoms with Crippen molar-refractivity contribution in [1.29, 1.82) is 0 Å². The van der Waals surface area contributed by atoms with Gasteiger partial charge in [-0.2, -0.15) is 0 Å². The second-order valence-electron chi connectivity index (χ2n) is 5.31. The van der Waals surface area contributed by atoms with Crippen LogP contribution < -0.4 is 10.6 Å². The third-order valence-electron chi connectivity index (χ3n) is 3.23. The number of rotatable bonds is 8. The van der Waals surface area contributed by atoms with Crippen molar-refractivity contribution in [2.75, 3.05) is 6.54 Å². The Labute approximate surface area is 124 Å². The molecule has 0 aromatic carbocycles. The third-order valence-corrected chi connectivity index (χ3v) is 3.23. The van der Waals surface area contributed by atoms with Crippen molar-refractivity contribution >= 4 is 11.8 Å². The van der Waals surface area contributed by atoms with Gasteiger partial charge in [-0.3, -0.25) is 9.59 Å². The molecule has 1 aromatic rings. The first kappa shape index (κ1) is 17.2. The van der Waals surface area contributed by atoms with E-state index in [2.05, 4.69) is 10.6 Å². The van der Waals surface area contributed by atoms with E-state index in [1.807, 2.05) is 20.8 Å². The van der Waals surface area contributed by atoms with Crippen LogP contribution in [0.2, 0.25) is 0 Å². The number of hydrogen-bond acceptors (Lipinski definition) is 4. The highest BCUT2D eigenvalue weighted by Crippen LogP contribution is 2.06. The molecule has 0 aliphatic heterocycles. The minimum atomic E-state index is -0.638. The standard InChI is InChI=1S/C15H24N2O4/c1-4-11(18)7-8-16-15(20)13(10(2)3)17-14(19)12-6-5-9-21-12/h5-6,9-11,13,18H,4,7-8H2,1-3H3,(H,16,20)(H,17,19). The number of amides is 2. The number of carbonyl (C=O) groups is 2. The van der Waals surface area contributed by atoms with Crippen LogP contribution in [0.25, 0.3) is 0 Å². The second-order valence-corrected chi connectivity index (χ2v) is 5.31. The van der Waals surface area contributed by atoms with Gasteiger partial charge in [-0.15, -0.1) is 0 Å². The topological polar surface area (TPSA) is 91.6 Å². The molecule has 2 atom stereocenters. The highest BCUT2D eigenvalue weighted by molar-refractivity contribution is 5.95. The second kappa shape index (κ2) is 8.46. The summed E-state index contributed by atoms with van der Waals surface area (Å²) < 4.78 is 5.01. The lowest BCUT2D eigenvalue weighted by atomic mass is 10.0. The average molecular weight is 296 g/mol. The van der Waals surface area contributed by atoms with Gasteiger partial charge in [0.2, 0.25) is 5.91 Å². The molecule has 21 heavy (non-hydrogen) atoms. The van der Waals surface area contributed by atoms with Gasteiger partial charge in [-0.05, 0) is 30.9 Å². The minimum Gasteiger partial charge on any atom is -0.459 e. The first-order chi connectivity index (χ1) is 9.95. The fourth-order valence-electron chi connectivity index (χ4n) is 1.83. The normalized spacial score (nSPS) is 13.8. The van der Waals surface area contributed by atoms with Gasteiger partial charge in [0.15, 0.2) is 5.76 Å². The summed E-state index contributed by atoms with van der Waals surface area (Å²) in [5.41, 5.74) is 0. The van der Waals surface area contributed by atoms with Gasteiger partial charge in [0.1, 0.15) is 6.04 Å². The Hall–Kier alpha value is -1.82. The molecule has 0 saturated carbocycles. The molecular weight excluding hydrogens is 272 g/mol. The molecular formula is C15H24N2O4. The van der Waals surface area contributed by atoms with E-state index < -0.39 is 18.1 Å². The molecule has 6 heteroatoms. The van der Waals surface area contributed by atoms with Crippen LogP contribution in [0.1, 0.15) is 44.2 Å². The SMILES string of the molecule is CCC(O)CCNC(=O)C(NC(=O)c1ccco1)C(C)C. The summed E-state index contributed by atoms with van der Waals surface area (Å²) in [5.74, 6) is -0.550. The summed E-state index contributed by atoms with van der Waals surface area (Å²) >= 11 is 0. The van der Waals surface area contributed by atoms with E-state index in [-0.39, 0.29) is 17.6 Å². The molecule has 1 aromatic heterocycles. The predicted octanol–water partition coefficient (Wildman–Crippen LogP) is 1.31. The van der Waals surface area contributed by atoms with Crippen LogP contribution >= 0.6 is 0 Å². The fourth-order valence-corrected chi connectivity index (χ4v) is 1.83. The summed E-state index contributed by atoms with van der Waals surface area (Å²) in [6.07, 6.45) is 2.14. The zero-order valence-corrected chi connectivity index (χ0v) is 12.8. The summed E-state index contributed by atoms with van der Waals surface area (Å²) in [6.45, 7) is 5.97. The largest absolute Gasteiger partial charge is 0.459 e. The number of nitrogens with one attached hydrogen (secondary N) is 2. The number of hydrogen-bond donors (Lipinski definition) is 3. The van der Waals surface area contributed by atoms with E-state index in [1.54, 1.807) is 12.1 Å². The highest BCUT2D eigenvalue weighted by Gasteiger charge is 2.25. The highest BCUT2D eigenvalue weighted by atomic mass is 16.3. The van der Waals surface area contributed by atoms with Gasteiger partial charge in [-0.25, -0.2) is 0 Å². The van der Waals surface area contributed by atoms with Gasteiger partial charge in [0.05, 0.1) is 12.4 Å². The van der Waals surface area contributed by atoms with E-state index in [1.165, 1.54) is 6.26 Å². The molecule has 0 aliphatic rings. The molecule has 3 N–H and O–H groups in total. The lowest BCUT2D eigenvalue weighted by molar-refractivity contribution is -0.124. The van der Waals surface area contributed by atoms with Crippen LogP contribution in [0.3, 0.4) is 0 Å². The van der Waals surface area contributed by atoms with Crippen LogP contribution in [0, 0.1) is 5.92 Å². The van der Waals surface area contributed by atoms with Gasteiger partial charge in [-0.1, -0.05) is 20.8 Å². The molecule has 118 valence electrons. The first-order valence-corrected chi connectivity index (χ1v) is 7.25. The Morgan fingerprint density at radius 1 is 1.38 bits per heavy atom. The lowest BCUT2D eigenvalue weighted by Gasteiger charge is -2.21. The third kappa shape index (κ3) is 5.59. The van der Waals surface area contributed by atoms with Crippen molar-refractivity contribution in [1.82, 2.24) is 10.6 Å². The smallest absolute Gasteiger partial charge is 0.287 e. The molecule has 1 heterocycles. The Balaban J connectivity index is 2.52. The molecule has 2 unspecified atom stereocenters. The Kier molecular flexibility index (Phi) is 6.94. The molecule has 0 spiro atoms. The van der Waals surface area contributed by atoms with E-state index >= 15 is 0 Å². The number of aliphatic hydroxyl groups is 1. The van der Waals surface area contributed by atoms with Crippen LogP contribution in [-0.2, 0) is 4.79 Å². The first-order valence-electron chi connectivity index (χ1n) is 7.25. The van der Waals surface area contributed by atoms with Gasteiger partial charge in [0.25, 0.3) is 5.91 Å². The van der Waals surface area contributed by atoms with Crippen molar-refractivity contribution < 1.29 is 19.1 Å². The number of aliphatic hydroxyl groups excluding tert-OH is 1. The zero-order chi connectivity index (χ0) is 15.8. The maximum atomic E-state index is 12.1. The summed E-state index contributed by atoms with van der Waals surface area (Å²) in [6, 6.07) is 2.52. The van der Waals surface area contributed by atoms with E-state index in [0.717, 1.165) is 0 Å². The van der Waals surface area contributed by atoms with Crippen LogP contribution in [-0.4, -0.2) is 35.6 Å². The quantitative estimate of drug-likeness (QED) is 0.674. The Morgan fingerprint density at radius 2 is 2.10 bits per heavy atom. The van der Waals surface area contributed by atoms with E-state index in [4.69, 9.17) is 4.42 Å². The van der Waals surface area contributed by atoms with Crippen molar-refractivity contribution in [2.24, 2.45) is 5.92 Å². The van der Waals surface area contributed by atoms with Crippen LogP contribution in [0.15, 0.2) is 22.8 Å². The molecule has 1 rings (SSSR count). The lowest BCUT2D eigenvalue weighted by Crippen LogP contribution is -2.50. The molecule has 0 fully saturated rings. The monoisotopic (exact) mass is 296 g/mol. The summed E-state index contributed by atoms with van der Waals surface area (Å²) in [5, 5.41) is 14.9. The van der Waals surface area contributed by atoms with E-state index in [9.17, 15) is 14.7 Å². The summed E-state index contributed by atoms with van der Waals surface area (Å²) in [7, 11) is 0. The zero-order valence-electron chi connectivity index (χ0n) is 12.8. The Morgan fingerprint density at radius 3 is 2.62 bits per heavy atom. The van der Waals surface area contributed by atoms with Crippen LogP contribution in [0.4, 0.5) is 0 Å². The number of carbonyl (C=O) groups excluding carboxylic acids is 2. The van der Waals surface area contributed by atoms with Gasteiger partial charge >= 0.3 is 0 Å². The van der Waals surface area contributed by atoms with Crippen molar-refractivity contribution in [3.8, 4) is 0 Å². The summed E-state index contributed by atoms with van der Waals surface area (Å²) in [4.78, 5) is 24.1. The predicted molar refractivity (Wildman–Crippen MR) is 78.7 cm³/mol. The van der Waals surface area contributed by atoms with Crippen molar-refractivity contribution in [3.63, 3.8) is 0 Å². The maximum absolute atomic E-state index is 12.1. The number of furan rings is 1. The molecule has 6 nitrogen and oxygen atoms in total. The molecule has 0 bridgehead atoms. The van der Waals surface area contributed by atoms with Crippen molar-refractivity contribution in [3.05, 3.63) is 24.2 Å². The molecule has 0 aliphatic carbocycles. The van der Waals surface area contributed by atoms with Crippen molar-refractivity contribution in [2.45, 2.75) is 45.8 Å². The fraction of sp³-hybridized carbons (Fsp3) is 0.600. The minimum absolute atomic E-state index is 0.0555. The van der Waals surface area contributed by atoms with E-state index in [0.29, 0.717) is 19.4 Å². The van der Waals surface area contributed by atoms with Gasteiger partial charge < -0.3 is 20.2 Å². The van der Waals surface area contributed by atoms with Crippen LogP contribution in [0.5, 0.6) is 0 Å². The van der Waals surface area contributed by atoms with Gasteiger partial charge in [0, 0.05) is 6.54 Å². The molecule has 0 saturated heterocycles. The molecule has 0 radical (unpaired) electrons. The molecule has 2 amide bonds. The average Bonchev–Trinajstić information content (AvgIpc) is 2.97.